The van der Waals surface area contributed by atoms with Crippen molar-refractivity contribution in [2.24, 2.45) is 0 Å². The molecule has 0 aliphatic heterocycles. The van der Waals surface area contributed by atoms with Crippen molar-refractivity contribution in [1.82, 2.24) is 5.32 Å². The second-order valence-corrected chi connectivity index (χ2v) is 7.02. The summed E-state index contributed by atoms with van der Waals surface area (Å²) >= 11 is 11.5. The molecular formula is C16H13Br2NO4S. The van der Waals surface area contributed by atoms with Gasteiger partial charge in [0.15, 0.2) is 23.0 Å². The van der Waals surface area contributed by atoms with E-state index in [-0.39, 0.29) is 23.0 Å². The fourth-order valence-corrected chi connectivity index (χ4v) is 2.97. The average Bonchev–Trinajstić information content (AvgIpc) is 2.53. The highest BCUT2D eigenvalue weighted by Gasteiger charge is 2.07. The van der Waals surface area contributed by atoms with Gasteiger partial charge in [0.25, 0.3) is 0 Å². The van der Waals surface area contributed by atoms with Crippen molar-refractivity contribution in [3.05, 3.63) is 50.4 Å². The van der Waals surface area contributed by atoms with Gasteiger partial charge in [0.05, 0.1) is 13.9 Å². The lowest BCUT2D eigenvalue weighted by molar-refractivity contribution is 0.401. The van der Waals surface area contributed by atoms with Gasteiger partial charge in [-0.2, -0.15) is 0 Å². The summed E-state index contributed by atoms with van der Waals surface area (Å²) in [5, 5.41) is 41.1. The Hall–Kier alpha value is -1.77. The molecule has 0 spiro atoms. The second kappa shape index (κ2) is 7.87. The molecule has 0 saturated heterocycles. The summed E-state index contributed by atoms with van der Waals surface area (Å²) in [5.41, 5.74) is 1.39. The standard InChI is InChI=1S/C16H13Br2NO4S/c17-10-3-8(5-12(20)15(10)22)1-2-14(24)19-7-9-4-11(18)16(23)13(21)6-9/h1-6,20-23H,7H2,(H,19,24). The molecule has 0 unspecified atom stereocenters. The molecule has 2 rings (SSSR count). The second-order valence-electron chi connectivity index (χ2n) is 4.87. The van der Waals surface area contributed by atoms with Crippen molar-refractivity contribution in [1.29, 1.82) is 0 Å². The summed E-state index contributed by atoms with van der Waals surface area (Å²) in [7, 11) is 0. The van der Waals surface area contributed by atoms with Gasteiger partial charge in [0, 0.05) is 6.54 Å². The molecule has 0 saturated carbocycles. The molecule has 5 nitrogen and oxygen atoms in total. The first-order valence-corrected chi connectivity index (χ1v) is 8.65. The predicted octanol–water partition coefficient (Wildman–Crippen LogP) is 4.16. The molecule has 24 heavy (non-hydrogen) atoms. The minimum atomic E-state index is -0.229. The monoisotopic (exact) mass is 473 g/mol. The van der Waals surface area contributed by atoms with E-state index in [1.807, 2.05) is 0 Å². The van der Waals surface area contributed by atoms with Crippen LogP contribution in [0.5, 0.6) is 23.0 Å². The highest BCUT2D eigenvalue weighted by atomic mass is 79.9. The predicted molar refractivity (Wildman–Crippen MR) is 103 cm³/mol. The Morgan fingerprint density at radius 1 is 0.958 bits per heavy atom. The molecule has 0 heterocycles. The van der Waals surface area contributed by atoms with E-state index in [9.17, 15) is 20.4 Å². The molecule has 2 aromatic rings. The Morgan fingerprint density at radius 3 is 2.12 bits per heavy atom. The quantitative estimate of drug-likeness (QED) is 0.259. The summed E-state index contributed by atoms with van der Waals surface area (Å²) in [6.07, 6.45) is 3.33. The molecule has 0 aromatic heterocycles. The molecule has 126 valence electrons. The summed E-state index contributed by atoms with van der Waals surface area (Å²) in [6.45, 7) is 0.361. The minimum Gasteiger partial charge on any atom is -0.504 e. The number of phenols is 4. The zero-order valence-electron chi connectivity index (χ0n) is 12.1. The Morgan fingerprint density at radius 2 is 1.54 bits per heavy atom. The van der Waals surface area contributed by atoms with Crippen molar-refractivity contribution in [2.45, 2.75) is 6.54 Å². The van der Waals surface area contributed by atoms with Gasteiger partial charge in [-0.25, -0.2) is 0 Å². The molecular weight excluding hydrogens is 462 g/mol. The molecule has 0 amide bonds. The van der Waals surface area contributed by atoms with Crippen LogP contribution in [-0.2, 0) is 6.54 Å². The first-order chi connectivity index (χ1) is 11.3. The van der Waals surface area contributed by atoms with Crippen LogP contribution < -0.4 is 5.32 Å². The fraction of sp³-hybridized carbons (Fsp3) is 0.0625. The maximum Gasteiger partial charge on any atom is 0.171 e. The number of benzene rings is 2. The lowest BCUT2D eigenvalue weighted by atomic mass is 10.2. The van der Waals surface area contributed by atoms with Gasteiger partial charge in [-0.1, -0.05) is 18.3 Å². The smallest absolute Gasteiger partial charge is 0.171 e. The van der Waals surface area contributed by atoms with Crippen LogP contribution in [0.4, 0.5) is 0 Å². The molecule has 0 radical (unpaired) electrons. The van der Waals surface area contributed by atoms with Gasteiger partial charge in [-0.05, 0) is 73.3 Å². The van der Waals surface area contributed by atoms with Gasteiger partial charge >= 0.3 is 0 Å². The maximum atomic E-state index is 9.57. The van der Waals surface area contributed by atoms with E-state index >= 15 is 0 Å². The topological polar surface area (TPSA) is 93.0 Å². The Balaban J connectivity index is 2.01. The van der Waals surface area contributed by atoms with Crippen LogP contribution in [0.3, 0.4) is 0 Å². The van der Waals surface area contributed by atoms with Crippen LogP contribution in [-0.4, -0.2) is 25.4 Å². The zero-order valence-corrected chi connectivity index (χ0v) is 16.1. The van der Waals surface area contributed by atoms with Gasteiger partial charge in [-0.15, -0.1) is 0 Å². The largest absolute Gasteiger partial charge is 0.504 e. The summed E-state index contributed by atoms with van der Waals surface area (Å²) < 4.78 is 0.774. The fourth-order valence-electron chi connectivity index (χ4n) is 1.86. The van der Waals surface area contributed by atoms with E-state index in [2.05, 4.69) is 37.2 Å². The van der Waals surface area contributed by atoms with Crippen molar-refractivity contribution < 1.29 is 20.4 Å². The number of thiocarbonyl (C=S) groups is 1. The van der Waals surface area contributed by atoms with Gasteiger partial charge in [0.1, 0.15) is 0 Å². The van der Waals surface area contributed by atoms with E-state index < -0.39 is 0 Å². The lowest BCUT2D eigenvalue weighted by Crippen LogP contribution is -2.18. The average molecular weight is 475 g/mol. The Kier molecular flexibility index (Phi) is 6.09. The minimum absolute atomic E-state index is 0.209. The summed E-state index contributed by atoms with van der Waals surface area (Å²) in [4.78, 5) is 0.447. The number of hydrogen-bond acceptors (Lipinski definition) is 5. The van der Waals surface area contributed by atoms with Gasteiger partial charge in [-0.3, -0.25) is 0 Å². The number of halogens is 2. The summed E-state index contributed by atoms with van der Waals surface area (Å²) in [6, 6.07) is 6.16. The number of aromatic hydroxyl groups is 4. The van der Waals surface area contributed by atoms with E-state index in [1.165, 1.54) is 12.1 Å². The third-order valence-corrected chi connectivity index (χ3v) is 4.55. The third-order valence-electron chi connectivity index (χ3n) is 3.06. The van der Waals surface area contributed by atoms with Crippen LogP contribution >= 0.6 is 44.1 Å². The first kappa shape index (κ1) is 18.6. The van der Waals surface area contributed by atoms with E-state index in [0.29, 0.717) is 26.0 Å². The maximum absolute atomic E-state index is 9.57. The zero-order chi connectivity index (χ0) is 17.9. The Labute approximate surface area is 160 Å². The van der Waals surface area contributed by atoms with Crippen LogP contribution in [0.25, 0.3) is 6.08 Å². The van der Waals surface area contributed by atoms with Crippen LogP contribution in [0.1, 0.15) is 11.1 Å². The van der Waals surface area contributed by atoms with Crippen molar-refractivity contribution in [3.8, 4) is 23.0 Å². The molecule has 8 heteroatoms. The van der Waals surface area contributed by atoms with Crippen molar-refractivity contribution in [2.75, 3.05) is 0 Å². The van der Waals surface area contributed by atoms with Crippen LogP contribution in [0, 0.1) is 0 Å². The first-order valence-electron chi connectivity index (χ1n) is 6.65. The molecule has 0 fully saturated rings. The SMILES string of the molecule is Oc1cc(C=CC(=S)NCc2cc(O)c(O)c(Br)c2)cc(Br)c1O. The van der Waals surface area contributed by atoms with E-state index in [0.717, 1.165) is 5.56 Å². The molecule has 0 aliphatic carbocycles. The van der Waals surface area contributed by atoms with Crippen LogP contribution in [0.2, 0.25) is 0 Å². The Bertz CT molecular complexity index is 778. The number of rotatable bonds is 4. The molecule has 5 N–H and O–H groups in total. The highest BCUT2D eigenvalue weighted by molar-refractivity contribution is 9.10. The lowest BCUT2D eigenvalue weighted by Gasteiger charge is -2.08. The van der Waals surface area contributed by atoms with Gasteiger partial charge < -0.3 is 25.7 Å². The molecule has 0 atom stereocenters. The highest BCUT2D eigenvalue weighted by Crippen LogP contribution is 2.35. The molecule has 0 bridgehead atoms. The third kappa shape index (κ3) is 4.62. The molecule has 0 aliphatic rings. The van der Waals surface area contributed by atoms with E-state index in [1.54, 1.807) is 24.3 Å². The van der Waals surface area contributed by atoms with E-state index in [4.69, 9.17) is 12.2 Å². The number of phenolic OH excluding ortho intramolecular Hbond substituents is 4. The van der Waals surface area contributed by atoms with Crippen molar-refractivity contribution in [3.63, 3.8) is 0 Å². The normalized spacial score (nSPS) is 10.9. The van der Waals surface area contributed by atoms with Crippen LogP contribution in [0.15, 0.2) is 39.3 Å². The number of nitrogens with one attached hydrogen (secondary N) is 1. The number of hydrogen-bond donors (Lipinski definition) is 5. The van der Waals surface area contributed by atoms with Crippen molar-refractivity contribution >= 4 is 55.1 Å². The van der Waals surface area contributed by atoms with Gasteiger partial charge in [0.2, 0.25) is 0 Å². The molecule has 2 aromatic carbocycles. The summed E-state index contributed by atoms with van der Waals surface area (Å²) in [5.74, 6) is -0.871.